The van der Waals surface area contributed by atoms with Crippen molar-refractivity contribution in [1.29, 1.82) is 0 Å². The molecule has 0 aromatic heterocycles. The summed E-state index contributed by atoms with van der Waals surface area (Å²) in [6.07, 6.45) is 5.53. The molecule has 0 heterocycles. The van der Waals surface area contributed by atoms with Gasteiger partial charge in [0.25, 0.3) is 0 Å². The van der Waals surface area contributed by atoms with Gasteiger partial charge in [-0.1, -0.05) is 43.7 Å². The lowest BCUT2D eigenvalue weighted by Gasteiger charge is -2.20. The van der Waals surface area contributed by atoms with Crippen LogP contribution in [0.2, 0.25) is 0 Å². The molecule has 0 fully saturated rings. The van der Waals surface area contributed by atoms with Gasteiger partial charge in [-0.05, 0) is 12.0 Å². The third-order valence-electron chi connectivity index (χ3n) is 2.65. The highest BCUT2D eigenvalue weighted by Crippen LogP contribution is 2.06. The van der Waals surface area contributed by atoms with Crippen LogP contribution in [0.25, 0.3) is 0 Å². The van der Waals surface area contributed by atoms with Crippen molar-refractivity contribution in [2.75, 3.05) is 13.7 Å². The molecule has 0 atom stereocenters. The van der Waals surface area contributed by atoms with Gasteiger partial charge in [-0.3, -0.25) is 0 Å². The van der Waals surface area contributed by atoms with E-state index in [9.17, 15) is 4.79 Å². The molecular formula is C15H21NO2. The van der Waals surface area contributed by atoms with Gasteiger partial charge >= 0.3 is 5.97 Å². The molecular weight excluding hydrogens is 226 g/mol. The Morgan fingerprint density at radius 1 is 1.33 bits per heavy atom. The molecule has 0 aliphatic heterocycles. The summed E-state index contributed by atoms with van der Waals surface area (Å²) in [5.74, 6) is -0.315. The predicted molar refractivity (Wildman–Crippen MR) is 72.9 cm³/mol. The van der Waals surface area contributed by atoms with E-state index in [0.717, 1.165) is 25.9 Å². The number of carbonyl (C=O) groups excluding carboxylic acids is 1. The molecule has 0 amide bonds. The SMILES string of the molecule is CCCCN(/C=C/C(=O)OC)Cc1ccccc1. The standard InChI is InChI=1S/C15H21NO2/c1-3-4-11-16(12-10-15(17)18-2)13-14-8-6-5-7-9-14/h5-10,12H,3-4,11,13H2,1-2H3/b12-10+. The van der Waals surface area contributed by atoms with E-state index in [-0.39, 0.29) is 5.97 Å². The average molecular weight is 247 g/mol. The minimum atomic E-state index is -0.315. The van der Waals surface area contributed by atoms with Crippen molar-refractivity contribution in [2.45, 2.75) is 26.3 Å². The van der Waals surface area contributed by atoms with Gasteiger partial charge in [0.2, 0.25) is 0 Å². The molecule has 0 spiro atoms. The average Bonchev–Trinajstić information content (AvgIpc) is 2.42. The monoisotopic (exact) mass is 247 g/mol. The molecule has 1 aromatic rings. The van der Waals surface area contributed by atoms with Gasteiger partial charge in [0.15, 0.2) is 0 Å². The Balaban J connectivity index is 2.60. The first-order valence-corrected chi connectivity index (χ1v) is 6.30. The molecule has 0 saturated heterocycles. The number of methoxy groups -OCH3 is 1. The van der Waals surface area contributed by atoms with Crippen molar-refractivity contribution in [1.82, 2.24) is 4.90 Å². The summed E-state index contributed by atoms with van der Waals surface area (Å²) in [7, 11) is 1.39. The van der Waals surface area contributed by atoms with Gasteiger partial charge < -0.3 is 9.64 Å². The Hall–Kier alpha value is -1.77. The predicted octanol–water partition coefficient (Wildman–Crippen LogP) is 2.98. The number of nitrogens with zero attached hydrogens (tertiary/aromatic N) is 1. The van der Waals surface area contributed by atoms with Crippen molar-refractivity contribution in [3.63, 3.8) is 0 Å². The highest BCUT2D eigenvalue weighted by atomic mass is 16.5. The van der Waals surface area contributed by atoms with E-state index < -0.39 is 0 Å². The van der Waals surface area contributed by atoms with E-state index in [1.807, 2.05) is 24.4 Å². The number of rotatable bonds is 7. The molecule has 3 nitrogen and oxygen atoms in total. The second-order valence-corrected chi connectivity index (χ2v) is 4.15. The van der Waals surface area contributed by atoms with Crippen molar-refractivity contribution in [2.24, 2.45) is 0 Å². The normalized spacial score (nSPS) is 10.6. The van der Waals surface area contributed by atoms with Crippen LogP contribution in [-0.4, -0.2) is 24.5 Å². The molecule has 98 valence electrons. The summed E-state index contributed by atoms with van der Waals surface area (Å²) in [4.78, 5) is 13.2. The van der Waals surface area contributed by atoms with Crippen LogP contribution in [0.5, 0.6) is 0 Å². The number of unbranched alkanes of at least 4 members (excludes halogenated alkanes) is 1. The van der Waals surface area contributed by atoms with Crippen LogP contribution in [0.4, 0.5) is 0 Å². The van der Waals surface area contributed by atoms with Gasteiger partial charge in [0.05, 0.1) is 7.11 Å². The van der Waals surface area contributed by atoms with Gasteiger partial charge in [-0.25, -0.2) is 4.79 Å². The Kier molecular flexibility index (Phi) is 6.62. The van der Waals surface area contributed by atoms with E-state index in [1.54, 1.807) is 0 Å². The number of carbonyl (C=O) groups is 1. The molecule has 1 rings (SSSR count). The summed E-state index contributed by atoms with van der Waals surface area (Å²) in [5.41, 5.74) is 1.24. The largest absolute Gasteiger partial charge is 0.466 e. The van der Waals surface area contributed by atoms with Crippen LogP contribution in [-0.2, 0) is 16.1 Å². The zero-order valence-corrected chi connectivity index (χ0v) is 11.1. The van der Waals surface area contributed by atoms with Crippen LogP contribution in [0, 0.1) is 0 Å². The first-order valence-electron chi connectivity index (χ1n) is 6.30. The lowest BCUT2D eigenvalue weighted by Crippen LogP contribution is -2.18. The molecule has 3 heteroatoms. The summed E-state index contributed by atoms with van der Waals surface area (Å²) in [6, 6.07) is 10.2. The lowest BCUT2D eigenvalue weighted by molar-refractivity contribution is -0.134. The number of ether oxygens (including phenoxy) is 1. The third kappa shape index (κ3) is 5.53. The Labute approximate surface area is 109 Å². The number of hydrogen-bond donors (Lipinski definition) is 0. The van der Waals surface area contributed by atoms with Crippen molar-refractivity contribution in [3.8, 4) is 0 Å². The second kappa shape index (κ2) is 8.34. The minimum Gasteiger partial charge on any atom is -0.466 e. The van der Waals surface area contributed by atoms with Crippen molar-refractivity contribution >= 4 is 5.97 Å². The lowest BCUT2D eigenvalue weighted by atomic mass is 10.2. The van der Waals surface area contributed by atoms with E-state index in [2.05, 4.69) is 28.7 Å². The third-order valence-corrected chi connectivity index (χ3v) is 2.65. The fraction of sp³-hybridized carbons (Fsp3) is 0.400. The molecule has 0 saturated carbocycles. The summed E-state index contributed by atoms with van der Waals surface area (Å²) >= 11 is 0. The van der Waals surface area contributed by atoms with Crippen LogP contribution < -0.4 is 0 Å². The molecule has 0 radical (unpaired) electrons. The zero-order valence-electron chi connectivity index (χ0n) is 11.1. The fourth-order valence-corrected chi connectivity index (χ4v) is 1.62. The quantitative estimate of drug-likeness (QED) is 0.548. The Bertz CT molecular complexity index is 373. The fourth-order valence-electron chi connectivity index (χ4n) is 1.62. The molecule has 0 unspecified atom stereocenters. The van der Waals surface area contributed by atoms with Gasteiger partial charge in [0.1, 0.15) is 0 Å². The van der Waals surface area contributed by atoms with Crippen LogP contribution in [0.3, 0.4) is 0 Å². The zero-order chi connectivity index (χ0) is 13.2. The first kappa shape index (κ1) is 14.3. The van der Waals surface area contributed by atoms with Gasteiger partial charge in [-0.15, -0.1) is 0 Å². The summed E-state index contributed by atoms with van der Waals surface area (Å²) < 4.78 is 4.60. The topological polar surface area (TPSA) is 29.5 Å². The maximum absolute atomic E-state index is 11.1. The minimum absolute atomic E-state index is 0.315. The molecule has 1 aromatic carbocycles. The van der Waals surface area contributed by atoms with Crippen LogP contribution >= 0.6 is 0 Å². The highest BCUT2D eigenvalue weighted by molar-refractivity contribution is 5.81. The van der Waals surface area contributed by atoms with Gasteiger partial charge in [0, 0.05) is 25.4 Å². The smallest absolute Gasteiger partial charge is 0.331 e. The first-order chi connectivity index (χ1) is 8.76. The van der Waals surface area contributed by atoms with Gasteiger partial charge in [-0.2, -0.15) is 0 Å². The van der Waals surface area contributed by atoms with Crippen LogP contribution in [0.1, 0.15) is 25.3 Å². The van der Waals surface area contributed by atoms with Crippen molar-refractivity contribution in [3.05, 3.63) is 48.2 Å². The van der Waals surface area contributed by atoms with Crippen molar-refractivity contribution < 1.29 is 9.53 Å². The van der Waals surface area contributed by atoms with E-state index in [1.165, 1.54) is 18.7 Å². The summed E-state index contributed by atoms with van der Waals surface area (Å²) in [5, 5.41) is 0. The highest BCUT2D eigenvalue weighted by Gasteiger charge is 2.01. The molecule has 0 bridgehead atoms. The maximum atomic E-state index is 11.1. The number of hydrogen-bond acceptors (Lipinski definition) is 3. The second-order valence-electron chi connectivity index (χ2n) is 4.15. The number of esters is 1. The van der Waals surface area contributed by atoms with E-state index in [4.69, 9.17) is 0 Å². The Morgan fingerprint density at radius 2 is 2.06 bits per heavy atom. The molecule has 0 aliphatic rings. The van der Waals surface area contributed by atoms with E-state index >= 15 is 0 Å². The molecule has 18 heavy (non-hydrogen) atoms. The number of benzene rings is 1. The van der Waals surface area contributed by atoms with E-state index in [0.29, 0.717) is 0 Å². The maximum Gasteiger partial charge on any atom is 0.331 e. The Morgan fingerprint density at radius 3 is 2.67 bits per heavy atom. The molecule has 0 N–H and O–H groups in total. The van der Waals surface area contributed by atoms with Crippen LogP contribution in [0.15, 0.2) is 42.6 Å². The molecule has 0 aliphatic carbocycles. The summed E-state index contributed by atoms with van der Waals surface area (Å²) in [6.45, 7) is 3.91.